The van der Waals surface area contributed by atoms with E-state index in [4.69, 9.17) is 0 Å². The Morgan fingerprint density at radius 1 is 1.32 bits per heavy atom. The zero-order valence-corrected chi connectivity index (χ0v) is 10.8. The molecule has 0 unspecified atom stereocenters. The van der Waals surface area contributed by atoms with Gasteiger partial charge in [-0.15, -0.1) is 0 Å². The van der Waals surface area contributed by atoms with Crippen molar-refractivity contribution in [3.05, 3.63) is 43.1 Å². The second kappa shape index (κ2) is 4.88. The fourth-order valence-corrected chi connectivity index (χ4v) is 2.74. The number of benzene rings is 1. The minimum Gasteiger partial charge on any atom is -0.339 e. The molecule has 2 aromatic rings. The van der Waals surface area contributed by atoms with E-state index in [1.165, 1.54) is 17.0 Å². The van der Waals surface area contributed by atoms with E-state index in [9.17, 15) is 4.79 Å². The Morgan fingerprint density at radius 3 is 2.79 bits per heavy atom. The van der Waals surface area contributed by atoms with Crippen molar-refractivity contribution in [1.82, 2.24) is 14.7 Å². The zero-order valence-electron chi connectivity index (χ0n) is 10.8. The number of aromatic nitrogens is 2. The van der Waals surface area contributed by atoms with Gasteiger partial charge in [-0.05, 0) is 25.0 Å². The predicted octanol–water partition coefficient (Wildman–Crippen LogP) is 2.39. The number of amides is 1. The number of rotatable bonds is 2. The molecule has 1 saturated heterocycles. The summed E-state index contributed by atoms with van der Waals surface area (Å²) in [5, 5.41) is 5.68. The number of fused-ring (bicyclic) bond motifs is 1. The molecule has 1 amide bonds. The molecular formula is C15H17N3O. The number of hydrogen-bond donors (Lipinski definition) is 0. The molecule has 4 nitrogen and oxygen atoms in total. The highest BCUT2D eigenvalue weighted by atomic mass is 16.2. The predicted molar refractivity (Wildman–Crippen MR) is 74.8 cm³/mol. The van der Waals surface area contributed by atoms with Crippen LogP contribution in [0.5, 0.6) is 0 Å². The largest absolute Gasteiger partial charge is 0.339 e. The van der Waals surface area contributed by atoms with Crippen LogP contribution in [0.25, 0.3) is 10.9 Å². The molecule has 1 fully saturated rings. The van der Waals surface area contributed by atoms with Crippen LogP contribution in [0.1, 0.15) is 18.9 Å². The van der Waals surface area contributed by atoms with E-state index < -0.39 is 0 Å². The lowest BCUT2D eigenvalue weighted by Crippen LogP contribution is -2.38. The highest BCUT2D eigenvalue weighted by molar-refractivity contribution is 5.87. The number of carbonyl (C=O) groups is 1. The molecule has 4 heteroatoms. The van der Waals surface area contributed by atoms with Crippen LogP contribution in [0.15, 0.2) is 43.1 Å². The number of para-hydroxylation sites is 1. The summed E-state index contributed by atoms with van der Waals surface area (Å²) in [7, 11) is 0. The molecule has 98 valence electrons. The minimum atomic E-state index is 0.0313. The molecule has 1 aliphatic rings. The van der Waals surface area contributed by atoms with Gasteiger partial charge in [0.2, 0.25) is 5.91 Å². The first-order chi connectivity index (χ1) is 9.29. The second-order valence-corrected chi connectivity index (χ2v) is 4.91. The molecule has 19 heavy (non-hydrogen) atoms. The third kappa shape index (κ3) is 2.14. The molecule has 3 rings (SSSR count). The van der Waals surface area contributed by atoms with Gasteiger partial charge in [-0.3, -0.25) is 9.48 Å². The number of carbonyl (C=O) groups excluding carboxylic acids is 1. The molecular weight excluding hydrogens is 238 g/mol. The smallest absolute Gasteiger partial charge is 0.245 e. The fourth-order valence-electron chi connectivity index (χ4n) is 2.74. The van der Waals surface area contributed by atoms with Crippen molar-refractivity contribution in [2.24, 2.45) is 0 Å². The Balaban J connectivity index is 1.78. The van der Waals surface area contributed by atoms with Crippen LogP contribution < -0.4 is 0 Å². The minimum absolute atomic E-state index is 0.0313. The van der Waals surface area contributed by atoms with Gasteiger partial charge in [0.1, 0.15) is 0 Å². The van der Waals surface area contributed by atoms with Crippen molar-refractivity contribution in [2.45, 2.75) is 18.9 Å². The van der Waals surface area contributed by atoms with Crippen molar-refractivity contribution in [2.75, 3.05) is 13.1 Å². The van der Waals surface area contributed by atoms with Gasteiger partial charge in [0.25, 0.3) is 0 Å². The topological polar surface area (TPSA) is 38.1 Å². The standard InChI is InChI=1S/C15H17N3O/c1-2-15(19)17-9-7-13(8-10-17)18-14-6-4-3-5-12(14)11-16-18/h2-6,11,13H,1,7-10H2. The normalized spacial score (nSPS) is 16.7. The summed E-state index contributed by atoms with van der Waals surface area (Å²) in [5.74, 6) is 0.0313. The van der Waals surface area contributed by atoms with Crippen LogP contribution in [0.4, 0.5) is 0 Å². The van der Waals surface area contributed by atoms with Crippen LogP contribution >= 0.6 is 0 Å². The second-order valence-electron chi connectivity index (χ2n) is 4.91. The Labute approximate surface area is 112 Å². The van der Waals surface area contributed by atoms with Gasteiger partial charge >= 0.3 is 0 Å². The van der Waals surface area contributed by atoms with E-state index in [-0.39, 0.29) is 5.91 Å². The molecule has 0 bridgehead atoms. The Kier molecular flexibility index (Phi) is 3.07. The van der Waals surface area contributed by atoms with Crippen molar-refractivity contribution < 1.29 is 4.79 Å². The molecule has 0 aliphatic carbocycles. The van der Waals surface area contributed by atoms with Gasteiger partial charge in [0, 0.05) is 18.5 Å². The lowest BCUT2D eigenvalue weighted by Gasteiger charge is -2.31. The van der Waals surface area contributed by atoms with E-state index in [0.29, 0.717) is 6.04 Å². The molecule has 1 aliphatic heterocycles. The van der Waals surface area contributed by atoms with Crippen molar-refractivity contribution >= 4 is 16.8 Å². The van der Waals surface area contributed by atoms with Gasteiger partial charge in [-0.25, -0.2) is 0 Å². The van der Waals surface area contributed by atoms with Gasteiger partial charge < -0.3 is 4.90 Å². The lowest BCUT2D eigenvalue weighted by atomic mass is 10.0. The third-order valence-corrected chi connectivity index (χ3v) is 3.80. The monoisotopic (exact) mass is 255 g/mol. The molecule has 0 radical (unpaired) electrons. The van der Waals surface area contributed by atoms with Crippen LogP contribution in [-0.2, 0) is 4.79 Å². The maximum atomic E-state index is 11.6. The molecule has 1 aromatic heterocycles. The Morgan fingerprint density at radius 2 is 2.05 bits per heavy atom. The van der Waals surface area contributed by atoms with Crippen molar-refractivity contribution in [1.29, 1.82) is 0 Å². The number of piperidine rings is 1. The maximum Gasteiger partial charge on any atom is 0.245 e. The number of hydrogen-bond acceptors (Lipinski definition) is 2. The maximum absolute atomic E-state index is 11.6. The quantitative estimate of drug-likeness (QED) is 0.773. The molecule has 0 atom stereocenters. The molecule has 0 N–H and O–H groups in total. The molecule has 0 saturated carbocycles. The van der Waals surface area contributed by atoms with Gasteiger partial charge in [0.05, 0.1) is 17.8 Å². The molecule has 0 spiro atoms. The van der Waals surface area contributed by atoms with E-state index in [1.54, 1.807) is 0 Å². The van der Waals surface area contributed by atoms with Crippen LogP contribution in [0.3, 0.4) is 0 Å². The number of nitrogens with zero attached hydrogens (tertiary/aromatic N) is 3. The fraction of sp³-hybridized carbons (Fsp3) is 0.333. The van der Waals surface area contributed by atoms with Crippen LogP contribution in [0, 0.1) is 0 Å². The first-order valence-electron chi connectivity index (χ1n) is 6.63. The molecule has 1 aromatic carbocycles. The SMILES string of the molecule is C=CC(=O)N1CCC(n2ncc3ccccc32)CC1. The van der Waals surface area contributed by atoms with Crippen molar-refractivity contribution in [3.8, 4) is 0 Å². The summed E-state index contributed by atoms with van der Waals surface area (Å²) in [6.45, 7) is 5.10. The average Bonchev–Trinajstić information content (AvgIpc) is 2.90. The van der Waals surface area contributed by atoms with Gasteiger partial charge in [-0.1, -0.05) is 24.8 Å². The summed E-state index contributed by atoms with van der Waals surface area (Å²) in [5.41, 5.74) is 1.18. The third-order valence-electron chi connectivity index (χ3n) is 3.80. The number of likely N-dealkylation sites (tertiary alicyclic amines) is 1. The van der Waals surface area contributed by atoms with Crippen LogP contribution in [-0.4, -0.2) is 33.7 Å². The summed E-state index contributed by atoms with van der Waals surface area (Å²) in [6, 6.07) is 8.63. The van der Waals surface area contributed by atoms with E-state index in [1.807, 2.05) is 23.2 Å². The Bertz CT molecular complexity index is 609. The van der Waals surface area contributed by atoms with Crippen LogP contribution in [0.2, 0.25) is 0 Å². The van der Waals surface area contributed by atoms with E-state index >= 15 is 0 Å². The Hall–Kier alpha value is -2.10. The van der Waals surface area contributed by atoms with Gasteiger partial charge in [-0.2, -0.15) is 5.10 Å². The summed E-state index contributed by atoms with van der Waals surface area (Å²) in [6.07, 6.45) is 5.21. The summed E-state index contributed by atoms with van der Waals surface area (Å²) >= 11 is 0. The first kappa shape index (κ1) is 12.0. The van der Waals surface area contributed by atoms with Crippen molar-refractivity contribution in [3.63, 3.8) is 0 Å². The van der Waals surface area contributed by atoms with E-state index in [0.717, 1.165) is 25.9 Å². The zero-order chi connectivity index (χ0) is 13.2. The average molecular weight is 255 g/mol. The highest BCUT2D eigenvalue weighted by Gasteiger charge is 2.23. The summed E-state index contributed by atoms with van der Waals surface area (Å²) < 4.78 is 2.10. The summed E-state index contributed by atoms with van der Waals surface area (Å²) in [4.78, 5) is 13.4. The van der Waals surface area contributed by atoms with Gasteiger partial charge in [0.15, 0.2) is 0 Å². The molecule has 2 heterocycles. The lowest BCUT2D eigenvalue weighted by molar-refractivity contribution is -0.127. The highest BCUT2D eigenvalue weighted by Crippen LogP contribution is 2.26. The van der Waals surface area contributed by atoms with E-state index in [2.05, 4.69) is 28.5 Å². The first-order valence-corrected chi connectivity index (χ1v) is 6.63.